The van der Waals surface area contributed by atoms with Crippen LogP contribution in [0.5, 0.6) is 0 Å². The summed E-state index contributed by atoms with van der Waals surface area (Å²) >= 11 is 0. The van der Waals surface area contributed by atoms with E-state index in [9.17, 15) is 10.2 Å². The van der Waals surface area contributed by atoms with Gasteiger partial charge >= 0.3 is 0 Å². The predicted octanol–water partition coefficient (Wildman–Crippen LogP) is 4.87. The standard InChI is InChI=1S/C20H32O2/c1-7-20(6,22)13-9-12-17(4)10-8-11-18(5)15-19(21)14-16(2)3/h7,9,11-14,19,21-22H,1,8,10,15H2,2-6H3. The molecule has 0 bridgehead atoms. The van der Waals surface area contributed by atoms with Crippen molar-refractivity contribution in [2.45, 2.75) is 65.6 Å². The average Bonchev–Trinajstić information content (AvgIpc) is 2.37. The number of allylic oxidation sites excluding steroid dienone is 5. The quantitative estimate of drug-likeness (QED) is 0.471. The van der Waals surface area contributed by atoms with Crippen LogP contribution >= 0.6 is 0 Å². The summed E-state index contributed by atoms with van der Waals surface area (Å²) < 4.78 is 0. The molecule has 124 valence electrons. The summed E-state index contributed by atoms with van der Waals surface area (Å²) in [6.45, 7) is 13.4. The lowest BCUT2D eigenvalue weighted by Gasteiger charge is -2.11. The van der Waals surface area contributed by atoms with Crippen molar-refractivity contribution >= 4 is 0 Å². The Kier molecular flexibility index (Phi) is 9.71. The Bertz CT molecular complexity index is 458. The van der Waals surface area contributed by atoms with Gasteiger partial charge in [-0.1, -0.05) is 53.7 Å². The Morgan fingerprint density at radius 2 is 1.82 bits per heavy atom. The van der Waals surface area contributed by atoms with E-state index in [0.29, 0.717) is 6.42 Å². The SMILES string of the molecule is C=CC(C)(O)C=CC=C(C)CCC=C(C)CC(O)C=C(C)C. The average molecular weight is 304 g/mol. The third kappa shape index (κ3) is 11.3. The molecule has 0 aliphatic carbocycles. The fourth-order valence-electron chi connectivity index (χ4n) is 1.96. The van der Waals surface area contributed by atoms with Gasteiger partial charge in [-0.25, -0.2) is 0 Å². The molecule has 0 aliphatic rings. The van der Waals surface area contributed by atoms with Crippen molar-refractivity contribution in [3.05, 3.63) is 59.8 Å². The van der Waals surface area contributed by atoms with E-state index in [-0.39, 0.29) is 6.10 Å². The van der Waals surface area contributed by atoms with Crippen LogP contribution in [0.3, 0.4) is 0 Å². The third-order valence-electron chi connectivity index (χ3n) is 3.32. The number of rotatable bonds is 9. The van der Waals surface area contributed by atoms with E-state index in [2.05, 4.69) is 26.5 Å². The van der Waals surface area contributed by atoms with Gasteiger partial charge in [-0.05, 0) is 60.0 Å². The zero-order valence-electron chi connectivity index (χ0n) is 14.8. The highest BCUT2D eigenvalue weighted by molar-refractivity contribution is 5.18. The largest absolute Gasteiger partial charge is 0.389 e. The molecule has 2 nitrogen and oxygen atoms in total. The topological polar surface area (TPSA) is 40.5 Å². The lowest BCUT2D eigenvalue weighted by Crippen LogP contribution is -2.15. The minimum atomic E-state index is -0.950. The summed E-state index contributed by atoms with van der Waals surface area (Å²) in [5.41, 5.74) is 2.66. The summed E-state index contributed by atoms with van der Waals surface area (Å²) in [6, 6.07) is 0. The first kappa shape index (κ1) is 20.6. The molecule has 0 amide bonds. The second-order valence-corrected chi connectivity index (χ2v) is 6.41. The lowest BCUT2D eigenvalue weighted by atomic mass is 10.0. The molecule has 0 aromatic rings. The van der Waals surface area contributed by atoms with Crippen molar-refractivity contribution in [2.75, 3.05) is 0 Å². The van der Waals surface area contributed by atoms with Gasteiger partial charge in [0.1, 0.15) is 0 Å². The maximum Gasteiger partial charge on any atom is 0.0980 e. The van der Waals surface area contributed by atoms with Gasteiger partial charge in [-0.15, -0.1) is 0 Å². The maximum absolute atomic E-state index is 9.84. The normalized spacial score (nSPS) is 17.2. The summed E-state index contributed by atoms with van der Waals surface area (Å²) in [5.74, 6) is 0. The monoisotopic (exact) mass is 304 g/mol. The van der Waals surface area contributed by atoms with Crippen LogP contribution < -0.4 is 0 Å². The fourth-order valence-corrected chi connectivity index (χ4v) is 1.96. The first-order valence-corrected chi connectivity index (χ1v) is 7.86. The molecular weight excluding hydrogens is 272 g/mol. The molecule has 0 spiro atoms. The Morgan fingerprint density at radius 3 is 2.36 bits per heavy atom. The molecule has 0 radical (unpaired) electrons. The van der Waals surface area contributed by atoms with Gasteiger partial charge in [0.25, 0.3) is 0 Å². The van der Waals surface area contributed by atoms with Crippen LogP contribution in [0.25, 0.3) is 0 Å². The Morgan fingerprint density at radius 1 is 1.18 bits per heavy atom. The van der Waals surface area contributed by atoms with Crippen molar-refractivity contribution in [2.24, 2.45) is 0 Å². The third-order valence-corrected chi connectivity index (χ3v) is 3.32. The zero-order valence-corrected chi connectivity index (χ0v) is 14.8. The van der Waals surface area contributed by atoms with Crippen LogP contribution in [0.2, 0.25) is 0 Å². The second-order valence-electron chi connectivity index (χ2n) is 6.41. The van der Waals surface area contributed by atoms with Crippen molar-refractivity contribution < 1.29 is 10.2 Å². The molecule has 0 aliphatic heterocycles. The van der Waals surface area contributed by atoms with Crippen LogP contribution in [0.1, 0.15) is 53.9 Å². The predicted molar refractivity (Wildman–Crippen MR) is 96.8 cm³/mol. The molecule has 2 N–H and O–H groups in total. The lowest BCUT2D eigenvalue weighted by molar-refractivity contribution is 0.164. The van der Waals surface area contributed by atoms with Gasteiger partial charge in [-0.3, -0.25) is 0 Å². The minimum Gasteiger partial charge on any atom is -0.389 e. The molecule has 0 rings (SSSR count). The first-order chi connectivity index (χ1) is 10.2. The van der Waals surface area contributed by atoms with Gasteiger partial charge < -0.3 is 10.2 Å². The summed E-state index contributed by atoms with van der Waals surface area (Å²) in [5, 5.41) is 19.6. The molecule has 0 aromatic heterocycles. The molecule has 22 heavy (non-hydrogen) atoms. The summed E-state index contributed by atoms with van der Waals surface area (Å²) in [4.78, 5) is 0. The van der Waals surface area contributed by atoms with Gasteiger partial charge in [0.05, 0.1) is 11.7 Å². The molecule has 2 heteroatoms. The number of hydrogen-bond acceptors (Lipinski definition) is 2. The van der Waals surface area contributed by atoms with Crippen LogP contribution in [0, 0.1) is 0 Å². The highest BCUT2D eigenvalue weighted by atomic mass is 16.3. The van der Waals surface area contributed by atoms with Crippen molar-refractivity contribution in [1.29, 1.82) is 0 Å². The van der Waals surface area contributed by atoms with E-state index in [1.807, 2.05) is 32.1 Å². The van der Waals surface area contributed by atoms with Crippen molar-refractivity contribution in [3.8, 4) is 0 Å². The minimum absolute atomic E-state index is 0.387. The van der Waals surface area contributed by atoms with Crippen LogP contribution in [-0.4, -0.2) is 21.9 Å². The molecule has 0 saturated heterocycles. The van der Waals surface area contributed by atoms with Gasteiger partial charge in [0.15, 0.2) is 0 Å². The molecule has 0 fully saturated rings. The Hall–Kier alpha value is -1.38. The number of aliphatic hydroxyl groups excluding tert-OH is 1. The highest BCUT2D eigenvalue weighted by Gasteiger charge is 2.08. The van der Waals surface area contributed by atoms with E-state index in [0.717, 1.165) is 18.4 Å². The van der Waals surface area contributed by atoms with E-state index in [1.54, 1.807) is 13.0 Å². The van der Waals surface area contributed by atoms with E-state index < -0.39 is 5.60 Å². The second kappa shape index (κ2) is 10.4. The van der Waals surface area contributed by atoms with Crippen molar-refractivity contribution in [1.82, 2.24) is 0 Å². The van der Waals surface area contributed by atoms with Gasteiger partial charge in [0.2, 0.25) is 0 Å². The molecule has 2 unspecified atom stereocenters. The maximum atomic E-state index is 9.84. The van der Waals surface area contributed by atoms with E-state index in [4.69, 9.17) is 0 Å². The molecule has 2 atom stereocenters. The summed E-state index contributed by atoms with van der Waals surface area (Å²) in [6.07, 6.45) is 13.4. The number of hydrogen-bond donors (Lipinski definition) is 2. The number of aliphatic hydroxyl groups is 2. The van der Waals surface area contributed by atoms with E-state index in [1.165, 1.54) is 17.2 Å². The summed E-state index contributed by atoms with van der Waals surface area (Å²) in [7, 11) is 0. The first-order valence-electron chi connectivity index (χ1n) is 7.86. The Balaban J connectivity index is 4.30. The van der Waals surface area contributed by atoms with E-state index >= 15 is 0 Å². The van der Waals surface area contributed by atoms with Crippen LogP contribution in [0.4, 0.5) is 0 Å². The van der Waals surface area contributed by atoms with Crippen LogP contribution in [0.15, 0.2) is 59.8 Å². The van der Waals surface area contributed by atoms with Gasteiger partial charge in [-0.2, -0.15) is 0 Å². The Labute approximate surface area is 136 Å². The molecule has 0 saturated carbocycles. The van der Waals surface area contributed by atoms with Crippen LogP contribution in [-0.2, 0) is 0 Å². The van der Waals surface area contributed by atoms with Gasteiger partial charge in [0, 0.05) is 0 Å². The molecular formula is C20H32O2. The van der Waals surface area contributed by atoms with Crippen molar-refractivity contribution in [3.63, 3.8) is 0 Å². The zero-order chi connectivity index (χ0) is 17.2. The molecule has 0 heterocycles. The highest BCUT2D eigenvalue weighted by Crippen LogP contribution is 2.12. The smallest absolute Gasteiger partial charge is 0.0980 e. The fraction of sp³-hybridized carbons (Fsp3) is 0.500. The molecule has 0 aromatic carbocycles.